The van der Waals surface area contributed by atoms with E-state index in [0.29, 0.717) is 12.1 Å². The molecule has 2 unspecified atom stereocenters. The molecule has 0 bridgehead atoms. The van der Waals surface area contributed by atoms with E-state index in [-0.39, 0.29) is 0 Å². The molecule has 1 saturated heterocycles. The number of nitrogens with two attached hydrogens (primary N) is 1. The van der Waals surface area contributed by atoms with Crippen LogP contribution in [0.25, 0.3) is 0 Å². The minimum atomic E-state index is 0.518. The second kappa shape index (κ2) is 7.04. The molecule has 1 fully saturated rings. The Hall–Kier alpha value is -0.900. The molecule has 3 heteroatoms. The Morgan fingerprint density at radius 3 is 2.63 bits per heavy atom. The van der Waals surface area contributed by atoms with E-state index >= 15 is 0 Å². The molecule has 2 atom stereocenters. The van der Waals surface area contributed by atoms with Crippen LogP contribution in [0.15, 0.2) is 30.3 Å². The van der Waals surface area contributed by atoms with Gasteiger partial charge in [0.1, 0.15) is 0 Å². The van der Waals surface area contributed by atoms with Crippen molar-refractivity contribution < 1.29 is 0 Å². The van der Waals surface area contributed by atoms with Crippen LogP contribution in [-0.2, 0) is 6.42 Å². The lowest BCUT2D eigenvalue weighted by Crippen LogP contribution is -2.56. The van der Waals surface area contributed by atoms with Crippen molar-refractivity contribution in [3.05, 3.63) is 35.9 Å². The summed E-state index contributed by atoms with van der Waals surface area (Å²) in [4.78, 5) is 5.01. The van der Waals surface area contributed by atoms with Gasteiger partial charge in [-0.05, 0) is 32.4 Å². The highest BCUT2D eigenvalue weighted by Gasteiger charge is 2.26. The van der Waals surface area contributed by atoms with E-state index in [0.717, 1.165) is 39.0 Å². The van der Waals surface area contributed by atoms with Crippen molar-refractivity contribution in [2.24, 2.45) is 5.73 Å². The van der Waals surface area contributed by atoms with Gasteiger partial charge >= 0.3 is 0 Å². The Balaban J connectivity index is 1.89. The summed E-state index contributed by atoms with van der Waals surface area (Å²) >= 11 is 0. The first-order valence-corrected chi connectivity index (χ1v) is 7.39. The van der Waals surface area contributed by atoms with Crippen LogP contribution in [-0.4, -0.2) is 55.1 Å². The van der Waals surface area contributed by atoms with Crippen LogP contribution in [0.1, 0.15) is 18.9 Å². The minimum Gasteiger partial charge on any atom is -0.329 e. The Kier molecular flexibility index (Phi) is 5.37. The Bertz CT molecular complexity index is 366. The predicted molar refractivity (Wildman–Crippen MR) is 81.3 cm³/mol. The molecule has 0 amide bonds. The van der Waals surface area contributed by atoms with Crippen LogP contribution >= 0.6 is 0 Å². The smallest absolute Gasteiger partial charge is 0.0225 e. The molecule has 0 aliphatic carbocycles. The van der Waals surface area contributed by atoms with E-state index in [1.165, 1.54) is 5.56 Å². The average Bonchev–Trinajstić information content (AvgIpc) is 2.42. The lowest BCUT2D eigenvalue weighted by molar-refractivity contribution is 0.0607. The second-order valence-electron chi connectivity index (χ2n) is 5.76. The minimum absolute atomic E-state index is 0.518. The molecule has 2 N–H and O–H groups in total. The summed E-state index contributed by atoms with van der Waals surface area (Å²) in [6.45, 7) is 6.55. The molecular formula is C16H27N3. The maximum atomic E-state index is 6.01. The highest BCUT2D eigenvalue weighted by Crippen LogP contribution is 2.16. The summed E-state index contributed by atoms with van der Waals surface area (Å²) in [5.41, 5.74) is 7.43. The van der Waals surface area contributed by atoms with Gasteiger partial charge in [0.05, 0.1) is 0 Å². The van der Waals surface area contributed by atoms with Crippen molar-refractivity contribution in [3.8, 4) is 0 Å². The zero-order chi connectivity index (χ0) is 13.7. The third kappa shape index (κ3) is 4.03. The Morgan fingerprint density at radius 2 is 2.00 bits per heavy atom. The summed E-state index contributed by atoms with van der Waals surface area (Å²) in [6, 6.07) is 11.9. The quantitative estimate of drug-likeness (QED) is 0.873. The van der Waals surface area contributed by atoms with Crippen molar-refractivity contribution in [1.82, 2.24) is 9.80 Å². The molecule has 19 heavy (non-hydrogen) atoms. The molecule has 0 radical (unpaired) electrons. The van der Waals surface area contributed by atoms with Gasteiger partial charge < -0.3 is 10.6 Å². The highest BCUT2D eigenvalue weighted by atomic mass is 15.3. The van der Waals surface area contributed by atoms with E-state index in [1.54, 1.807) is 0 Å². The van der Waals surface area contributed by atoms with Crippen LogP contribution in [0.5, 0.6) is 0 Å². The fourth-order valence-corrected chi connectivity index (χ4v) is 3.09. The molecular weight excluding hydrogens is 234 g/mol. The lowest BCUT2D eigenvalue weighted by Gasteiger charge is -2.42. The monoisotopic (exact) mass is 261 g/mol. The number of hydrogen-bond acceptors (Lipinski definition) is 3. The number of piperazine rings is 1. The summed E-state index contributed by atoms with van der Waals surface area (Å²) in [7, 11) is 2.20. The van der Waals surface area contributed by atoms with Gasteiger partial charge in [-0.1, -0.05) is 30.3 Å². The molecule has 0 aromatic heterocycles. The van der Waals surface area contributed by atoms with Gasteiger partial charge in [0.15, 0.2) is 0 Å². The standard InChI is InChI=1S/C16H27N3/c1-14-13-18(2)10-11-19(14)16(12-17)9-8-15-6-4-3-5-7-15/h3-7,14,16H,8-13,17H2,1-2H3. The molecule has 1 aromatic carbocycles. The maximum absolute atomic E-state index is 6.01. The first kappa shape index (κ1) is 14.5. The zero-order valence-electron chi connectivity index (χ0n) is 12.3. The average molecular weight is 261 g/mol. The summed E-state index contributed by atoms with van der Waals surface area (Å²) in [5.74, 6) is 0. The molecule has 2 rings (SSSR count). The van der Waals surface area contributed by atoms with Crippen molar-refractivity contribution in [1.29, 1.82) is 0 Å². The normalized spacial score (nSPS) is 23.4. The van der Waals surface area contributed by atoms with Crippen LogP contribution in [0.4, 0.5) is 0 Å². The number of nitrogens with zero attached hydrogens (tertiary/aromatic N) is 2. The van der Waals surface area contributed by atoms with E-state index in [9.17, 15) is 0 Å². The predicted octanol–water partition coefficient (Wildman–Crippen LogP) is 1.58. The van der Waals surface area contributed by atoms with Gasteiger partial charge in [0.25, 0.3) is 0 Å². The summed E-state index contributed by atoms with van der Waals surface area (Å²) in [6.07, 6.45) is 2.29. The van der Waals surface area contributed by atoms with Gasteiger partial charge in [0.2, 0.25) is 0 Å². The first-order chi connectivity index (χ1) is 9.20. The molecule has 1 heterocycles. The fourth-order valence-electron chi connectivity index (χ4n) is 3.09. The van der Waals surface area contributed by atoms with Gasteiger partial charge in [0, 0.05) is 38.3 Å². The van der Waals surface area contributed by atoms with Crippen molar-refractivity contribution in [2.45, 2.75) is 31.8 Å². The first-order valence-electron chi connectivity index (χ1n) is 7.39. The molecule has 1 aromatic rings. The van der Waals surface area contributed by atoms with Crippen molar-refractivity contribution in [2.75, 3.05) is 33.2 Å². The van der Waals surface area contributed by atoms with Gasteiger partial charge in [-0.25, -0.2) is 0 Å². The van der Waals surface area contributed by atoms with E-state index in [1.807, 2.05) is 0 Å². The van der Waals surface area contributed by atoms with Crippen LogP contribution in [0, 0.1) is 0 Å². The van der Waals surface area contributed by atoms with Crippen LogP contribution in [0.2, 0.25) is 0 Å². The molecule has 1 aliphatic rings. The molecule has 1 aliphatic heterocycles. The second-order valence-corrected chi connectivity index (χ2v) is 5.76. The Labute approximate surface area is 117 Å². The highest BCUT2D eigenvalue weighted by molar-refractivity contribution is 5.14. The lowest BCUT2D eigenvalue weighted by atomic mass is 10.0. The largest absolute Gasteiger partial charge is 0.329 e. The third-order valence-corrected chi connectivity index (χ3v) is 4.23. The topological polar surface area (TPSA) is 32.5 Å². The fraction of sp³-hybridized carbons (Fsp3) is 0.625. The molecule has 3 nitrogen and oxygen atoms in total. The van der Waals surface area contributed by atoms with Crippen molar-refractivity contribution in [3.63, 3.8) is 0 Å². The SMILES string of the molecule is CC1CN(C)CCN1C(CN)CCc1ccccc1. The molecule has 106 valence electrons. The maximum Gasteiger partial charge on any atom is 0.0225 e. The Morgan fingerprint density at radius 1 is 1.26 bits per heavy atom. The number of hydrogen-bond donors (Lipinski definition) is 1. The number of benzene rings is 1. The van der Waals surface area contributed by atoms with Gasteiger partial charge in [-0.3, -0.25) is 4.90 Å². The summed E-state index contributed by atoms with van der Waals surface area (Å²) in [5, 5.41) is 0. The van der Waals surface area contributed by atoms with Crippen LogP contribution in [0.3, 0.4) is 0 Å². The molecule has 0 saturated carbocycles. The van der Waals surface area contributed by atoms with E-state index in [2.05, 4.69) is 54.1 Å². The summed E-state index contributed by atoms with van der Waals surface area (Å²) < 4.78 is 0. The van der Waals surface area contributed by atoms with E-state index in [4.69, 9.17) is 5.73 Å². The third-order valence-electron chi connectivity index (χ3n) is 4.23. The van der Waals surface area contributed by atoms with Gasteiger partial charge in [-0.2, -0.15) is 0 Å². The van der Waals surface area contributed by atoms with E-state index < -0.39 is 0 Å². The number of rotatable bonds is 5. The molecule has 0 spiro atoms. The van der Waals surface area contributed by atoms with Crippen LogP contribution < -0.4 is 5.73 Å². The van der Waals surface area contributed by atoms with Gasteiger partial charge in [-0.15, -0.1) is 0 Å². The number of aryl methyl sites for hydroxylation is 1. The number of likely N-dealkylation sites (N-methyl/N-ethyl adjacent to an activating group) is 1. The zero-order valence-corrected chi connectivity index (χ0v) is 12.3. The van der Waals surface area contributed by atoms with Crippen molar-refractivity contribution >= 4 is 0 Å².